The van der Waals surface area contributed by atoms with Crippen LogP contribution in [0.15, 0.2) is 48.0 Å². The number of rotatable bonds is 4. The summed E-state index contributed by atoms with van der Waals surface area (Å²) in [5.74, 6) is 0.494. The van der Waals surface area contributed by atoms with Crippen LogP contribution in [0.4, 0.5) is 11.5 Å². The van der Waals surface area contributed by atoms with Crippen molar-refractivity contribution in [2.24, 2.45) is 5.16 Å². The second-order valence-electron chi connectivity index (χ2n) is 6.16. The van der Waals surface area contributed by atoms with Gasteiger partial charge in [-0.15, -0.1) is 0 Å². The molecule has 1 amide bonds. The number of anilines is 2. The third-order valence-electron chi connectivity index (χ3n) is 4.45. The van der Waals surface area contributed by atoms with Crippen molar-refractivity contribution in [2.45, 2.75) is 25.4 Å². The number of nitrogens with one attached hydrogen (secondary N) is 1. The molecule has 4 rings (SSSR count). The van der Waals surface area contributed by atoms with Crippen LogP contribution >= 0.6 is 0 Å². The Balaban J connectivity index is 1.45. The molecule has 25 heavy (non-hydrogen) atoms. The van der Waals surface area contributed by atoms with E-state index in [2.05, 4.69) is 25.3 Å². The van der Waals surface area contributed by atoms with Gasteiger partial charge in [0.05, 0.1) is 6.20 Å². The molecule has 0 unspecified atom stereocenters. The molecule has 2 aliphatic rings. The molecular weight excluding hydrogens is 318 g/mol. The van der Waals surface area contributed by atoms with Crippen LogP contribution < -0.4 is 10.2 Å². The number of benzene rings is 1. The van der Waals surface area contributed by atoms with Gasteiger partial charge in [-0.1, -0.05) is 35.5 Å². The summed E-state index contributed by atoms with van der Waals surface area (Å²) >= 11 is 0. The van der Waals surface area contributed by atoms with E-state index >= 15 is 0 Å². The van der Waals surface area contributed by atoms with Crippen LogP contribution in [0.2, 0.25) is 0 Å². The number of carbonyl (C=O) groups excluding carboxylic acids is 1. The first-order valence-corrected chi connectivity index (χ1v) is 8.45. The predicted molar refractivity (Wildman–Crippen MR) is 94.4 cm³/mol. The fourth-order valence-corrected chi connectivity index (χ4v) is 3.14. The zero-order valence-electron chi connectivity index (χ0n) is 13.8. The van der Waals surface area contributed by atoms with Crippen LogP contribution in [0.25, 0.3) is 0 Å². The summed E-state index contributed by atoms with van der Waals surface area (Å²) < 4.78 is 0. The van der Waals surface area contributed by atoms with Crippen molar-refractivity contribution >= 4 is 23.1 Å². The Labute approximate surface area is 145 Å². The van der Waals surface area contributed by atoms with Gasteiger partial charge in [0.2, 0.25) is 0 Å². The molecule has 0 bridgehead atoms. The largest absolute Gasteiger partial charge is 0.387 e. The number of hydrogen-bond acceptors (Lipinski definition) is 6. The topological polar surface area (TPSA) is 79.7 Å². The summed E-state index contributed by atoms with van der Waals surface area (Å²) in [4.78, 5) is 28.5. The Kier molecular flexibility index (Phi) is 4.28. The van der Waals surface area contributed by atoms with E-state index in [0.717, 1.165) is 37.3 Å². The second-order valence-corrected chi connectivity index (χ2v) is 6.16. The lowest BCUT2D eigenvalue weighted by Crippen LogP contribution is -2.26. The average Bonchev–Trinajstić information content (AvgIpc) is 3.35. The van der Waals surface area contributed by atoms with Crippen molar-refractivity contribution in [2.75, 3.05) is 23.3 Å². The summed E-state index contributed by atoms with van der Waals surface area (Å²) in [5.41, 5.74) is 2.00. The van der Waals surface area contributed by atoms with E-state index in [0.29, 0.717) is 17.8 Å². The van der Waals surface area contributed by atoms with Crippen LogP contribution in [-0.4, -0.2) is 34.7 Å². The molecule has 0 radical (unpaired) electrons. The van der Waals surface area contributed by atoms with Crippen LogP contribution in [0.3, 0.4) is 0 Å². The Morgan fingerprint density at radius 3 is 2.80 bits per heavy atom. The molecule has 7 heteroatoms. The molecule has 1 saturated heterocycles. The van der Waals surface area contributed by atoms with E-state index in [1.54, 1.807) is 6.20 Å². The van der Waals surface area contributed by atoms with Gasteiger partial charge < -0.3 is 15.1 Å². The van der Waals surface area contributed by atoms with Crippen LogP contribution in [-0.2, 0) is 9.63 Å². The molecule has 0 saturated carbocycles. The molecule has 1 aromatic heterocycles. The minimum Gasteiger partial charge on any atom is -0.387 e. The highest BCUT2D eigenvalue weighted by Crippen LogP contribution is 2.29. The Morgan fingerprint density at radius 1 is 1.20 bits per heavy atom. The summed E-state index contributed by atoms with van der Waals surface area (Å²) in [6.45, 7) is 1.89. The normalized spacial score (nSPS) is 19.4. The molecule has 1 atom stereocenters. The van der Waals surface area contributed by atoms with Crippen LogP contribution in [0, 0.1) is 0 Å². The zero-order valence-corrected chi connectivity index (χ0v) is 13.8. The van der Waals surface area contributed by atoms with Gasteiger partial charge >= 0.3 is 0 Å². The molecule has 1 N–H and O–H groups in total. The van der Waals surface area contributed by atoms with E-state index in [4.69, 9.17) is 4.84 Å². The third-order valence-corrected chi connectivity index (χ3v) is 4.45. The van der Waals surface area contributed by atoms with E-state index in [1.165, 1.54) is 6.33 Å². The molecule has 0 spiro atoms. The first-order valence-electron chi connectivity index (χ1n) is 8.45. The van der Waals surface area contributed by atoms with Crippen molar-refractivity contribution in [1.29, 1.82) is 0 Å². The molecule has 1 fully saturated rings. The van der Waals surface area contributed by atoms with Gasteiger partial charge in [0.1, 0.15) is 17.7 Å². The quantitative estimate of drug-likeness (QED) is 0.927. The number of oxime groups is 1. The highest BCUT2D eigenvalue weighted by molar-refractivity contribution is 6.43. The van der Waals surface area contributed by atoms with Crippen molar-refractivity contribution in [3.05, 3.63) is 48.4 Å². The number of carbonyl (C=O) groups is 1. The fourth-order valence-electron chi connectivity index (χ4n) is 3.14. The standard InChI is InChI=1S/C18H19N5O2/c24-18(14-10-16(25-22-14)13-6-2-1-3-7-13)21-15-11-19-12-20-17(15)23-8-4-5-9-23/h1-3,6-7,11-12,16H,4-5,8-10H2,(H,21,24)/t16-/m1/s1. The number of nitrogens with zero attached hydrogens (tertiary/aromatic N) is 4. The number of aromatic nitrogens is 2. The molecule has 128 valence electrons. The molecular formula is C18H19N5O2. The van der Waals surface area contributed by atoms with Crippen molar-refractivity contribution in [3.8, 4) is 0 Å². The smallest absolute Gasteiger partial charge is 0.273 e. The maximum Gasteiger partial charge on any atom is 0.273 e. The van der Waals surface area contributed by atoms with Crippen molar-refractivity contribution in [3.63, 3.8) is 0 Å². The Bertz CT molecular complexity index is 787. The summed E-state index contributed by atoms with van der Waals surface area (Å²) in [5, 5.41) is 6.85. The summed E-state index contributed by atoms with van der Waals surface area (Å²) in [6.07, 6.45) is 5.64. The molecule has 1 aromatic carbocycles. The molecule has 2 aliphatic heterocycles. The van der Waals surface area contributed by atoms with Gasteiger partial charge in [-0.05, 0) is 18.4 Å². The van der Waals surface area contributed by atoms with Gasteiger partial charge in [-0.2, -0.15) is 0 Å². The minimum absolute atomic E-state index is 0.216. The van der Waals surface area contributed by atoms with Gasteiger partial charge in [-0.3, -0.25) is 4.79 Å². The highest BCUT2D eigenvalue weighted by Gasteiger charge is 2.28. The summed E-state index contributed by atoms with van der Waals surface area (Å²) in [6, 6.07) is 9.78. The van der Waals surface area contributed by atoms with Crippen molar-refractivity contribution in [1.82, 2.24) is 9.97 Å². The average molecular weight is 337 g/mol. The Morgan fingerprint density at radius 2 is 2.00 bits per heavy atom. The molecule has 7 nitrogen and oxygen atoms in total. The molecule has 3 heterocycles. The first kappa shape index (κ1) is 15.6. The number of hydrogen-bond donors (Lipinski definition) is 1. The zero-order chi connectivity index (χ0) is 17.1. The molecule has 2 aromatic rings. The van der Waals surface area contributed by atoms with E-state index in [1.807, 2.05) is 30.3 Å². The van der Waals surface area contributed by atoms with Crippen LogP contribution in [0.1, 0.15) is 30.9 Å². The Hall–Kier alpha value is -2.96. The summed E-state index contributed by atoms with van der Waals surface area (Å²) in [7, 11) is 0. The monoisotopic (exact) mass is 337 g/mol. The SMILES string of the molecule is O=C(Nc1cncnc1N1CCCC1)C1=NO[C@@H](c2ccccc2)C1. The fraction of sp³-hybridized carbons (Fsp3) is 0.333. The van der Waals surface area contributed by atoms with Crippen LogP contribution in [0.5, 0.6) is 0 Å². The predicted octanol–water partition coefficient (Wildman–Crippen LogP) is 2.53. The van der Waals surface area contributed by atoms with E-state index < -0.39 is 0 Å². The maximum absolute atomic E-state index is 12.6. The maximum atomic E-state index is 12.6. The van der Waals surface area contributed by atoms with Gasteiger partial charge in [0, 0.05) is 19.5 Å². The van der Waals surface area contributed by atoms with Gasteiger partial charge in [0.25, 0.3) is 5.91 Å². The number of amides is 1. The lowest BCUT2D eigenvalue weighted by Gasteiger charge is -2.19. The van der Waals surface area contributed by atoms with Gasteiger partial charge in [0.15, 0.2) is 11.9 Å². The molecule has 0 aliphatic carbocycles. The lowest BCUT2D eigenvalue weighted by molar-refractivity contribution is -0.110. The van der Waals surface area contributed by atoms with Crippen molar-refractivity contribution < 1.29 is 9.63 Å². The van der Waals surface area contributed by atoms with E-state index in [9.17, 15) is 4.79 Å². The minimum atomic E-state index is -0.270. The lowest BCUT2D eigenvalue weighted by atomic mass is 10.0. The second kappa shape index (κ2) is 6.88. The third kappa shape index (κ3) is 3.31. The first-order chi connectivity index (χ1) is 12.3. The highest BCUT2D eigenvalue weighted by atomic mass is 16.6. The van der Waals surface area contributed by atoms with Gasteiger partial charge in [-0.25, -0.2) is 9.97 Å². The van der Waals surface area contributed by atoms with E-state index in [-0.39, 0.29) is 12.0 Å².